The number of thioether (sulfide) groups is 1. The monoisotopic (exact) mass is 216 g/mol. The minimum Gasteiger partial charge on any atom is -0.465 e. The van der Waals surface area contributed by atoms with E-state index in [1.807, 2.05) is 0 Å². The van der Waals surface area contributed by atoms with Crippen LogP contribution in [-0.2, 0) is 9.53 Å². The van der Waals surface area contributed by atoms with Crippen LogP contribution in [0.15, 0.2) is 4.99 Å². The number of aliphatic imine (C=N–C) groups is 1. The molecule has 1 aliphatic rings. The average molecular weight is 216 g/mol. The van der Waals surface area contributed by atoms with Crippen molar-refractivity contribution in [3.63, 3.8) is 0 Å². The largest absolute Gasteiger partial charge is 0.465 e. The Bertz CT molecular complexity index is 251. The molecule has 0 bridgehead atoms. The van der Waals surface area contributed by atoms with E-state index in [0.717, 1.165) is 10.9 Å². The fourth-order valence-corrected chi connectivity index (χ4v) is 2.11. The van der Waals surface area contributed by atoms with Crippen LogP contribution in [0.25, 0.3) is 0 Å². The summed E-state index contributed by atoms with van der Waals surface area (Å²) in [6, 6.07) is 0. The van der Waals surface area contributed by atoms with Crippen LogP contribution in [0.5, 0.6) is 0 Å². The van der Waals surface area contributed by atoms with Crippen molar-refractivity contribution in [3.8, 4) is 0 Å². The maximum Gasteiger partial charge on any atom is 0.327 e. The topological polar surface area (TPSA) is 50.7 Å². The molecular formula is C9H16N2O2S. The Morgan fingerprint density at radius 3 is 2.93 bits per heavy atom. The molecule has 0 radical (unpaired) electrons. The SMILES string of the molecule is CCOC(=O)CN=C1NC(C)(C)CS1. The molecule has 1 rings (SSSR count). The zero-order valence-corrected chi connectivity index (χ0v) is 9.61. The van der Waals surface area contributed by atoms with Crippen LogP contribution in [-0.4, -0.2) is 35.6 Å². The summed E-state index contributed by atoms with van der Waals surface area (Å²) in [4.78, 5) is 15.1. The van der Waals surface area contributed by atoms with Gasteiger partial charge in [0.15, 0.2) is 5.17 Å². The Hall–Kier alpha value is -0.710. The number of nitrogens with zero attached hydrogens (tertiary/aromatic N) is 1. The second-order valence-electron chi connectivity index (χ2n) is 3.72. The van der Waals surface area contributed by atoms with Crippen LogP contribution in [0.3, 0.4) is 0 Å². The summed E-state index contributed by atoms with van der Waals surface area (Å²) in [5.74, 6) is 0.710. The van der Waals surface area contributed by atoms with E-state index in [1.54, 1.807) is 18.7 Å². The first-order chi connectivity index (χ1) is 6.53. The van der Waals surface area contributed by atoms with Gasteiger partial charge in [0.2, 0.25) is 0 Å². The van der Waals surface area contributed by atoms with Gasteiger partial charge in [-0.3, -0.25) is 9.79 Å². The number of ether oxygens (including phenoxy) is 1. The summed E-state index contributed by atoms with van der Waals surface area (Å²) in [5, 5.41) is 4.07. The van der Waals surface area contributed by atoms with Gasteiger partial charge in [0.05, 0.1) is 6.61 Å². The minimum absolute atomic E-state index is 0.0815. The Morgan fingerprint density at radius 2 is 2.43 bits per heavy atom. The minimum atomic E-state index is -0.271. The van der Waals surface area contributed by atoms with Gasteiger partial charge in [-0.05, 0) is 20.8 Å². The van der Waals surface area contributed by atoms with Crippen LogP contribution in [0.4, 0.5) is 0 Å². The average Bonchev–Trinajstić information content (AvgIpc) is 2.43. The van der Waals surface area contributed by atoms with Crippen molar-refractivity contribution in [1.82, 2.24) is 5.32 Å². The summed E-state index contributed by atoms with van der Waals surface area (Å²) in [7, 11) is 0. The molecule has 1 aliphatic heterocycles. The van der Waals surface area contributed by atoms with Crippen molar-refractivity contribution >= 4 is 22.9 Å². The second-order valence-corrected chi connectivity index (χ2v) is 4.69. The van der Waals surface area contributed by atoms with E-state index in [1.165, 1.54) is 0 Å². The number of amidine groups is 1. The van der Waals surface area contributed by atoms with Gasteiger partial charge >= 0.3 is 5.97 Å². The number of nitrogens with one attached hydrogen (secondary N) is 1. The molecule has 5 heteroatoms. The molecule has 0 aliphatic carbocycles. The quantitative estimate of drug-likeness (QED) is 0.716. The van der Waals surface area contributed by atoms with E-state index < -0.39 is 0 Å². The summed E-state index contributed by atoms with van der Waals surface area (Å²) in [6.45, 7) is 6.52. The van der Waals surface area contributed by atoms with Crippen LogP contribution in [0.2, 0.25) is 0 Å². The van der Waals surface area contributed by atoms with Crippen LogP contribution >= 0.6 is 11.8 Å². The van der Waals surface area contributed by atoms with Gasteiger partial charge in [0, 0.05) is 11.3 Å². The third-order valence-corrected chi connectivity index (χ3v) is 3.04. The van der Waals surface area contributed by atoms with Crippen LogP contribution in [0, 0.1) is 0 Å². The van der Waals surface area contributed by atoms with Crippen molar-refractivity contribution in [2.24, 2.45) is 4.99 Å². The normalized spacial score (nSPS) is 22.1. The molecule has 80 valence electrons. The smallest absolute Gasteiger partial charge is 0.327 e. The number of hydrogen-bond donors (Lipinski definition) is 1. The molecule has 1 fully saturated rings. The van der Waals surface area contributed by atoms with Gasteiger partial charge in [-0.25, -0.2) is 0 Å². The first-order valence-corrected chi connectivity index (χ1v) is 5.63. The maximum absolute atomic E-state index is 11.0. The molecule has 0 amide bonds. The highest BCUT2D eigenvalue weighted by Crippen LogP contribution is 2.21. The van der Waals surface area contributed by atoms with E-state index in [4.69, 9.17) is 4.74 Å². The van der Waals surface area contributed by atoms with Crippen molar-refractivity contribution < 1.29 is 9.53 Å². The van der Waals surface area contributed by atoms with E-state index in [0.29, 0.717) is 6.61 Å². The number of hydrogen-bond acceptors (Lipinski definition) is 4. The van der Waals surface area contributed by atoms with Gasteiger partial charge < -0.3 is 10.1 Å². The Morgan fingerprint density at radius 1 is 1.71 bits per heavy atom. The van der Waals surface area contributed by atoms with Crippen molar-refractivity contribution in [2.45, 2.75) is 26.3 Å². The molecule has 0 aromatic rings. The molecule has 14 heavy (non-hydrogen) atoms. The lowest BCUT2D eigenvalue weighted by Gasteiger charge is -2.15. The molecule has 0 unspecified atom stereocenters. The van der Waals surface area contributed by atoms with E-state index in [9.17, 15) is 4.79 Å². The molecule has 4 nitrogen and oxygen atoms in total. The summed E-state index contributed by atoms with van der Waals surface area (Å²) >= 11 is 1.64. The number of rotatable bonds is 3. The molecule has 0 aromatic heterocycles. The maximum atomic E-state index is 11.0. The van der Waals surface area contributed by atoms with Crippen LogP contribution < -0.4 is 5.32 Å². The van der Waals surface area contributed by atoms with E-state index >= 15 is 0 Å². The number of carbonyl (C=O) groups excluding carboxylic acids is 1. The van der Waals surface area contributed by atoms with Crippen molar-refractivity contribution in [3.05, 3.63) is 0 Å². The molecular weight excluding hydrogens is 200 g/mol. The fourth-order valence-electron chi connectivity index (χ4n) is 1.04. The van der Waals surface area contributed by atoms with Crippen molar-refractivity contribution in [2.75, 3.05) is 18.9 Å². The third kappa shape index (κ3) is 3.57. The van der Waals surface area contributed by atoms with Gasteiger partial charge in [0.25, 0.3) is 0 Å². The first kappa shape index (κ1) is 11.4. The highest BCUT2D eigenvalue weighted by molar-refractivity contribution is 8.14. The molecule has 0 saturated carbocycles. The molecule has 0 aromatic carbocycles. The second kappa shape index (κ2) is 4.68. The predicted octanol–water partition coefficient (Wildman–Crippen LogP) is 1.02. The Kier molecular flexibility index (Phi) is 3.80. The van der Waals surface area contributed by atoms with Gasteiger partial charge in [-0.15, -0.1) is 0 Å². The lowest BCUT2D eigenvalue weighted by molar-refractivity contribution is -0.141. The summed E-state index contributed by atoms with van der Waals surface area (Å²) in [6.07, 6.45) is 0. The molecule has 1 saturated heterocycles. The lowest BCUT2D eigenvalue weighted by atomic mass is 10.1. The Balaban J connectivity index is 2.36. The van der Waals surface area contributed by atoms with Gasteiger partial charge in [-0.2, -0.15) is 0 Å². The molecule has 0 atom stereocenters. The van der Waals surface area contributed by atoms with E-state index in [-0.39, 0.29) is 18.1 Å². The van der Waals surface area contributed by atoms with E-state index in [2.05, 4.69) is 24.2 Å². The first-order valence-electron chi connectivity index (χ1n) is 4.64. The highest BCUT2D eigenvalue weighted by atomic mass is 32.2. The summed E-state index contributed by atoms with van der Waals surface area (Å²) < 4.78 is 4.77. The molecule has 1 N–H and O–H groups in total. The van der Waals surface area contributed by atoms with Crippen molar-refractivity contribution in [1.29, 1.82) is 0 Å². The van der Waals surface area contributed by atoms with Gasteiger partial charge in [0.1, 0.15) is 6.54 Å². The number of carbonyl (C=O) groups is 1. The molecule has 0 spiro atoms. The third-order valence-electron chi connectivity index (χ3n) is 1.67. The molecule has 1 heterocycles. The highest BCUT2D eigenvalue weighted by Gasteiger charge is 2.27. The predicted molar refractivity (Wildman–Crippen MR) is 58.6 cm³/mol. The zero-order chi connectivity index (χ0) is 10.6. The number of esters is 1. The zero-order valence-electron chi connectivity index (χ0n) is 8.79. The Labute approximate surface area is 88.5 Å². The summed E-state index contributed by atoms with van der Waals surface area (Å²) in [5.41, 5.74) is 0.0815. The van der Waals surface area contributed by atoms with Crippen LogP contribution in [0.1, 0.15) is 20.8 Å². The standard InChI is InChI=1S/C9H16N2O2S/c1-4-13-7(12)5-10-8-11-9(2,3)6-14-8/h4-6H2,1-3H3,(H,10,11). The fraction of sp³-hybridized carbons (Fsp3) is 0.778. The van der Waals surface area contributed by atoms with Gasteiger partial charge in [-0.1, -0.05) is 11.8 Å². The lowest BCUT2D eigenvalue weighted by Crippen LogP contribution is -2.37.